The molecule has 0 heterocycles. The molecule has 7 heteroatoms. The van der Waals surface area contributed by atoms with Crippen molar-refractivity contribution >= 4 is 21.6 Å². The van der Waals surface area contributed by atoms with E-state index < -0.39 is 10.0 Å². The number of carbonyl (C=O) groups is 1. The molecule has 2 aromatic carbocycles. The first-order valence-electron chi connectivity index (χ1n) is 8.67. The third-order valence-corrected chi connectivity index (χ3v) is 5.46. The number of hydrogen-bond acceptors (Lipinski definition) is 4. The standard InChI is InChI=1S/C20H23N3O3S/c1-15(2)23-27(25,26)19-10-5-16(6-11-19)7-12-20(24)22-18-8-3-17(4-9-18)13-14-21/h3-6,8-11,15,23H,7,12-13H2,1-2H3,(H,22,24). The molecule has 2 N–H and O–H groups in total. The van der Waals surface area contributed by atoms with Gasteiger partial charge < -0.3 is 5.32 Å². The van der Waals surface area contributed by atoms with Crippen LogP contribution in [0.5, 0.6) is 0 Å². The Morgan fingerprint density at radius 3 is 2.19 bits per heavy atom. The van der Waals surface area contributed by atoms with E-state index in [0.29, 0.717) is 18.5 Å². The number of amides is 1. The number of hydrogen-bond donors (Lipinski definition) is 2. The van der Waals surface area contributed by atoms with Crippen LogP contribution in [0.25, 0.3) is 0 Å². The molecule has 0 aliphatic heterocycles. The lowest BCUT2D eigenvalue weighted by molar-refractivity contribution is -0.116. The number of sulfonamides is 1. The minimum Gasteiger partial charge on any atom is -0.326 e. The van der Waals surface area contributed by atoms with Crippen LogP contribution in [0, 0.1) is 11.3 Å². The number of nitrogens with zero attached hydrogens (tertiary/aromatic N) is 1. The van der Waals surface area contributed by atoms with E-state index in [2.05, 4.69) is 16.1 Å². The summed E-state index contributed by atoms with van der Waals surface area (Å²) in [5.41, 5.74) is 2.47. The predicted octanol–water partition coefficient (Wildman–Crippen LogP) is 3.01. The van der Waals surface area contributed by atoms with E-state index in [1.807, 2.05) is 12.1 Å². The van der Waals surface area contributed by atoms with Crippen molar-refractivity contribution in [1.82, 2.24) is 4.72 Å². The molecule has 0 fully saturated rings. The first kappa shape index (κ1) is 20.6. The Morgan fingerprint density at radius 2 is 1.63 bits per heavy atom. The van der Waals surface area contributed by atoms with Crippen molar-refractivity contribution in [2.24, 2.45) is 0 Å². The van der Waals surface area contributed by atoms with Crippen molar-refractivity contribution in [1.29, 1.82) is 5.26 Å². The maximum Gasteiger partial charge on any atom is 0.240 e. The molecule has 0 aliphatic rings. The summed E-state index contributed by atoms with van der Waals surface area (Å²) < 4.78 is 26.7. The fourth-order valence-electron chi connectivity index (χ4n) is 2.49. The van der Waals surface area contributed by atoms with Gasteiger partial charge in [-0.15, -0.1) is 0 Å². The average molecular weight is 385 g/mol. The second-order valence-corrected chi connectivity index (χ2v) is 8.21. The van der Waals surface area contributed by atoms with Gasteiger partial charge in [0.1, 0.15) is 0 Å². The van der Waals surface area contributed by atoms with E-state index in [4.69, 9.17) is 5.26 Å². The van der Waals surface area contributed by atoms with Gasteiger partial charge in [0.2, 0.25) is 15.9 Å². The minimum absolute atomic E-state index is 0.124. The van der Waals surface area contributed by atoms with Crippen LogP contribution in [-0.4, -0.2) is 20.4 Å². The largest absolute Gasteiger partial charge is 0.326 e. The summed E-state index contributed by atoms with van der Waals surface area (Å²) in [6.45, 7) is 3.53. The zero-order valence-electron chi connectivity index (χ0n) is 15.4. The van der Waals surface area contributed by atoms with Gasteiger partial charge in [0.15, 0.2) is 0 Å². The molecule has 1 amide bonds. The fourth-order valence-corrected chi connectivity index (χ4v) is 3.74. The molecule has 0 radical (unpaired) electrons. The molecule has 2 aromatic rings. The first-order valence-corrected chi connectivity index (χ1v) is 10.2. The SMILES string of the molecule is CC(C)NS(=O)(=O)c1ccc(CCC(=O)Nc2ccc(CC#N)cc2)cc1. The number of nitrogens with one attached hydrogen (secondary N) is 2. The zero-order valence-corrected chi connectivity index (χ0v) is 16.2. The highest BCUT2D eigenvalue weighted by Gasteiger charge is 2.15. The molecule has 0 saturated carbocycles. The van der Waals surface area contributed by atoms with Crippen LogP contribution in [0.1, 0.15) is 31.4 Å². The Morgan fingerprint density at radius 1 is 1.04 bits per heavy atom. The quantitative estimate of drug-likeness (QED) is 0.729. The number of nitriles is 1. The second kappa shape index (κ2) is 9.31. The van der Waals surface area contributed by atoms with E-state index in [1.54, 1.807) is 50.2 Å². The molecule has 0 aromatic heterocycles. The van der Waals surface area contributed by atoms with Gasteiger partial charge in [0, 0.05) is 18.2 Å². The molecule has 0 atom stereocenters. The lowest BCUT2D eigenvalue weighted by Gasteiger charge is -2.10. The summed E-state index contributed by atoms with van der Waals surface area (Å²) >= 11 is 0. The summed E-state index contributed by atoms with van der Waals surface area (Å²) in [4.78, 5) is 12.3. The smallest absolute Gasteiger partial charge is 0.240 e. The third-order valence-electron chi connectivity index (χ3n) is 3.79. The number of anilines is 1. The van der Waals surface area contributed by atoms with Crippen LogP contribution in [0.4, 0.5) is 5.69 Å². The summed E-state index contributed by atoms with van der Waals surface area (Å²) in [6.07, 6.45) is 1.14. The molecule has 0 bridgehead atoms. The maximum absolute atomic E-state index is 12.1. The van der Waals surface area contributed by atoms with Gasteiger partial charge in [-0.1, -0.05) is 24.3 Å². The predicted molar refractivity (Wildman–Crippen MR) is 105 cm³/mol. The van der Waals surface area contributed by atoms with Crippen LogP contribution >= 0.6 is 0 Å². The van der Waals surface area contributed by atoms with Crippen molar-refractivity contribution in [2.45, 2.75) is 44.0 Å². The molecular formula is C20H23N3O3S. The molecule has 0 spiro atoms. The van der Waals surface area contributed by atoms with Crippen LogP contribution in [-0.2, 0) is 27.7 Å². The second-order valence-electron chi connectivity index (χ2n) is 6.50. The molecule has 27 heavy (non-hydrogen) atoms. The summed E-state index contributed by atoms with van der Waals surface area (Å²) in [7, 11) is -3.51. The van der Waals surface area contributed by atoms with Crippen LogP contribution < -0.4 is 10.0 Å². The number of carbonyl (C=O) groups excluding carboxylic acids is 1. The number of aryl methyl sites for hydroxylation is 1. The van der Waals surface area contributed by atoms with Crippen LogP contribution in [0.15, 0.2) is 53.4 Å². The van der Waals surface area contributed by atoms with Crippen molar-refractivity contribution in [3.05, 3.63) is 59.7 Å². The Bertz CT molecular complexity index is 912. The lowest BCUT2D eigenvalue weighted by Crippen LogP contribution is -2.30. The Labute approximate surface area is 160 Å². The monoisotopic (exact) mass is 385 g/mol. The van der Waals surface area contributed by atoms with E-state index in [9.17, 15) is 13.2 Å². The van der Waals surface area contributed by atoms with E-state index >= 15 is 0 Å². The molecule has 0 saturated heterocycles. The molecule has 142 valence electrons. The highest BCUT2D eigenvalue weighted by Crippen LogP contribution is 2.14. The fraction of sp³-hybridized carbons (Fsp3) is 0.300. The molecule has 0 aliphatic carbocycles. The number of benzene rings is 2. The normalized spacial score (nSPS) is 11.2. The summed E-state index contributed by atoms with van der Waals surface area (Å²) in [5, 5.41) is 11.5. The van der Waals surface area contributed by atoms with Gasteiger partial charge in [0.05, 0.1) is 17.4 Å². The lowest BCUT2D eigenvalue weighted by atomic mass is 10.1. The molecular weight excluding hydrogens is 362 g/mol. The van der Waals surface area contributed by atoms with Crippen LogP contribution in [0.3, 0.4) is 0 Å². The third kappa shape index (κ3) is 6.51. The van der Waals surface area contributed by atoms with Gasteiger partial charge in [0.25, 0.3) is 0 Å². The Balaban J connectivity index is 1.89. The minimum atomic E-state index is -3.51. The Hall–Kier alpha value is -2.69. The highest BCUT2D eigenvalue weighted by atomic mass is 32.2. The summed E-state index contributed by atoms with van der Waals surface area (Å²) in [6, 6.07) is 15.6. The van der Waals surface area contributed by atoms with Crippen molar-refractivity contribution < 1.29 is 13.2 Å². The van der Waals surface area contributed by atoms with Gasteiger partial charge in [-0.05, 0) is 55.7 Å². The van der Waals surface area contributed by atoms with Gasteiger partial charge in [-0.25, -0.2) is 13.1 Å². The first-order chi connectivity index (χ1) is 12.8. The van der Waals surface area contributed by atoms with E-state index in [1.165, 1.54) is 0 Å². The maximum atomic E-state index is 12.1. The van der Waals surface area contributed by atoms with E-state index in [0.717, 1.165) is 11.1 Å². The Kier molecular flexibility index (Phi) is 7.11. The van der Waals surface area contributed by atoms with E-state index in [-0.39, 0.29) is 23.3 Å². The summed E-state index contributed by atoms with van der Waals surface area (Å²) in [5.74, 6) is -0.124. The zero-order chi connectivity index (χ0) is 19.9. The molecule has 2 rings (SSSR count). The van der Waals surface area contributed by atoms with Crippen LogP contribution in [0.2, 0.25) is 0 Å². The van der Waals surface area contributed by atoms with Gasteiger partial charge in [-0.3, -0.25) is 4.79 Å². The number of rotatable bonds is 8. The highest BCUT2D eigenvalue weighted by molar-refractivity contribution is 7.89. The molecule has 6 nitrogen and oxygen atoms in total. The van der Waals surface area contributed by atoms with Gasteiger partial charge >= 0.3 is 0 Å². The van der Waals surface area contributed by atoms with Crippen molar-refractivity contribution in [2.75, 3.05) is 5.32 Å². The van der Waals surface area contributed by atoms with Crippen molar-refractivity contribution in [3.8, 4) is 6.07 Å². The molecule has 0 unspecified atom stereocenters. The van der Waals surface area contributed by atoms with Crippen molar-refractivity contribution in [3.63, 3.8) is 0 Å². The topological polar surface area (TPSA) is 99.1 Å². The average Bonchev–Trinajstić information content (AvgIpc) is 2.61. The van der Waals surface area contributed by atoms with Gasteiger partial charge in [-0.2, -0.15) is 5.26 Å².